The van der Waals surface area contributed by atoms with Gasteiger partial charge in [-0.15, -0.1) is 0 Å². The molecule has 2 aromatic carbocycles. The van der Waals surface area contributed by atoms with Crippen molar-refractivity contribution in [3.05, 3.63) is 78.6 Å². The zero-order valence-corrected chi connectivity index (χ0v) is 17.2. The molecular formula is C24H21N3O4. The van der Waals surface area contributed by atoms with E-state index in [4.69, 9.17) is 9.47 Å². The maximum Gasteiger partial charge on any atom is 0.354 e. The van der Waals surface area contributed by atoms with Gasteiger partial charge in [0.1, 0.15) is 18.0 Å². The van der Waals surface area contributed by atoms with Gasteiger partial charge in [-0.25, -0.2) is 4.79 Å². The highest BCUT2D eigenvalue weighted by Crippen LogP contribution is 2.31. The number of carbonyl (C=O) groups is 2. The predicted molar refractivity (Wildman–Crippen MR) is 118 cm³/mol. The van der Waals surface area contributed by atoms with E-state index in [9.17, 15) is 9.59 Å². The minimum absolute atomic E-state index is 0.0512. The molecule has 1 N–H and O–H groups in total. The zero-order valence-electron chi connectivity index (χ0n) is 17.2. The molecule has 0 spiro atoms. The van der Waals surface area contributed by atoms with Crippen LogP contribution in [0.4, 0.5) is 5.69 Å². The van der Waals surface area contributed by atoms with E-state index in [2.05, 4.69) is 10.3 Å². The molecule has 7 nitrogen and oxygen atoms in total. The van der Waals surface area contributed by atoms with Gasteiger partial charge in [0.2, 0.25) is 5.91 Å². The number of hydrogen-bond donors (Lipinski definition) is 1. The number of methoxy groups -OCH3 is 2. The van der Waals surface area contributed by atoms with E-state index in [0.717, 1.165) is 10.9 Å². The molecule has 2 aromatic heterocycles. The fourth-order valence-electron chi connectivity index (χ4n) is 3.50. The molecule has 31 heavy (non-hydrogen) atoms. The van der Waals surface area contributed by atoms with Crippen LogP contribution in [0.5, 0.6) is 5.75 Å². The third kappa shape index (κ3) is 4.11. The van der Waals surface area contributed by atoms with Gasteiger partial charge in [-0.2, -0.15) is 0 Å². The Morgan fingerprint density at radius 2 is 1.81 bits per heavy atom. The minimum atomic E-state index is -0.527. The highest BCUT2D eigenvalue weighted by Gasteiger charge is 2.21. The molecular weight excluding hydrogens is 394 g/mol. The van der Waals surface area contributed by atoms with Crippen molar-refractivity contribution in [2.45, 2.75) is 6.54 Å². The Morgan fingerprint density at radius 1 is 1.00 bits per heavy atom. The molecule has 0 saturated heterocycles. The van der Waals surface area contributed by atoms with Gasteiger partial charge in [0.05, 0.1) is 25.4 Å². The quantitative estimate of drug-likeness (QED) is 0.479. The number of esters is 1. The number of amides is 1. The average Bonchev–Trinajstić information content (AvgIpc) is 3.17. The number of para-hydroxylation sites is 1. The number of nitrogens with zero attached hydrogens (tertiary/aromatic N) is 2. The maximum absolute atomic E-state index is 12.7. The van der Waals surface area contributed by atoms with Gasteiger partial charge in [0.15, 0.2) is 0 Å². The number of nitrogens with one attached hydrogen (secondary N) is 1. The van der Waals surface area contributed by atoms with Gasteiger partial charge in [-0.05, 0) is 36.4 Å². The molecule has 0 unspecified atom stereocenters. The first kappa shape index (κ1) is 20.2. The Hall–Kier alpha value is -4.13. The lowest BCUT2D eigenvalue weighted by atomic mass is 10.1. The van der Waals surface area contributed by atoms with Crippen LogP contribution in [-0.4, -0.2) is 35.6 Å². The molecule has 0 fully saturated rings. The Bertz CT molecular complexity index is 1250. The molecule has 7 heteroatoms. The lowest BCUT2D eigenvalue weighted by Gasteiger charge is -2.11. The number of ether oxygens (including phenoxy) is 2. The number of benzene rings is 2. The van der Waals surface area contributed by atoms with E-state index in [0.29, 0.717) is 22.6 Å². The standard InChI is InChI=1S/C24H21N3O4/c1-30-18-10-6-7-16(13-18)23-19-14-21(24(29)31-2)27(20(19)11-12-25-23)15-22(28)26-17-8-4-3-5-9-17/h3-14H,15H2,1-2H3,(H,26,28). The zero-order chi connectivity index (χ0) is 21.8. The second-order valence-corrected chi connectivity index (χ2v) is 6.85. The van der Waals surface area contributed by atoms with Crippen LogP contribution < -0.4 is 10.1 Å². The van der Waals surface area contributed by atoms with Gasteiger partial charge in [-0.1, -0.05) is 30.3 Å². The van der Waals surface area contributed by atoms with E-state index in [1.165, 1.54) is 7.11 Å². The van der Waals surface area contributed by atoms with Crippen LogP contribution in [0.25, 0.3) is 22.2 Å². The van der Waals surface area contributed by atoms with Gasteiger partial charge in [0.25, 0.3) is 0 Å². The van der Waals surface area contributed by atoms with Gasteiger partial charge < -0.3 is 19.4 Å². The van der Waals surface area contributed by atoms with Gasteiger partial charge in [-0.3, -0.25) is 9.78 Å². The molecule has 0 bridgehead atoms. The van der Waals surface area contributed by atoms with Crippen molar-refractivity contribution >= 4 is 28.5 Å². The summed E-state index contributed by atoms with van der Waals surface area (Å²) in [6.45, 7) is -0.0512. The Balaban J connectivity index is 1.78. The first-order valence-electron chi connectivity index (χ1n) is 9.66. The Labute approximate surface area is 179 Å². The summed E-state index contributed by atoms with van der Waals surface area (Å²) in [5.41, 5.74) is 3.19. The van der Waals surface area contributed by atoms with Crippen LogP contribution in [0.2, 0.25) is 0 Å². The molecule has 0 aliphatic rings. The highest BCUT2D eigenvalue weighted by molar-refractivity contribution is 6.02. The molecule has 0 aliphatic carbocycles. The lowest BCUT2D eigenvalue weighted by molar-refractivity contribution is -0.116. The minimum Gasteiger partial charge on any atom is -0.497 e. The second kappa shape index (κ2) is 8.71. The largest absolute Gasteiger partial charge is 0.497 e. The second-order valence-electron chi connectivity index (χ2n) is 6.85. The van der Waals surface area contributed by atoms with Crippen LogP contribution in [0.3, 0.4) is 0 Å². The number of anilines is 1. The maximum atomic E-state index is 12.7. The Morgan fingerprint density at radius 3 is 2.55 bits per heavy atom. The van der Waals surface area contributed by atoms with Crippen molar-refractivity contribution in [3.63, 3.8) is 0 Å². The van der Waals surface area contributed by atoms with Crippen LogP contribution in [-0.2, 0) is 16.1 Å². The lowest BCUT2D eigenvalue weighted by Crippen LogP contribution is -2.21. The summed E-state index contributed by atoms with van der Waals surface area (Å²) in [7, 11) is 2.92. The fraction of sp³-hybridized carbons (Fsp3) is 0.125. The van der Waals surface area contributed by atoms with Crippen molar-refractivity contribution in [2.24, 2.45) is 0 Å². The van der Waals surface area contributed by atoms with E-state index in [1.54, 1.807) is 42.1 Å². The number of carbonyl (C=O) groups excluding carboxylic acids is 2. The fourth-order valence-corrected chi connectivity index (χ4v) is 3.50. The molecule has 4 rings (SSSR count). The number of pyridine rings is 1. The van der Waals surface area contributed by atoms with Gasteiger partial charge >= 0.3 is 5.97 Å². The van der Waals surface area contributed by atoms with Crippen LogP contribution in [0.1, 0.15) is 10.5 Å². The summed E-state index contributed by atoms with van der Waals surface area (Å²) in [6.07, 6.45) is 1.66. The molecule has 0 radical (unpaired) electrons. The number of rotatable bonds is 6. The first-order valence-corrected chi connectivity index (χ1v) is 9.66. The summed E-state index contributed by atoms with van der Waals surface area (Å²) < 4.78 is 11.9. The highest BCUT2D eigenvalue weighted by atomic mass is 16.5. The molecule has 0 atom stereocenters. The first-order chi connectivity index (χ1) is 15.1. The van der Waals surface area contributed by atoms with Crippen LogP contribution >= 0.6 is 0 Å². The van der Waals surface area contributed by atoms with Crippen LogP contribution in [0.15, 0.2) is 72.9 Å². The normalized spacial score (nSPS) is 10.6. The monoisotopic (exact) mass is 415 g/mol. The number of aromatic nitrogens is 2. The van der Waals surface area contributed by atoms with Crippen molar-refractivity contribution in [1.29, 1.82) is 0 Å². The average molecular weight is 415 g/mol. The molecule has 2 heterocycles. The predicted octanol–water partition coefficient (Wildman–Crippen LogP) is 4.14. The van der Waals surface area contributed by atoms with Crippen LogP contribution in [0, 0.1) is 0 Å². The summed E-state index contributed by atoms with van der Waals surface area (Å²) in [5, 5.41) is 3.59. The van der Waals surface area contributed by atoms with E-state index >= 15 is 0 Å². The molecule has 1 amide bonds. The van der Waals surface area contributed by atoms with Gasteiger partial charge in [0, 0.05) is 22.8 Å². The summed E-state index contributed by atoms with van der Waals surface area (Å²) in [5.74, 6) is -0.0833. The van der Waals surface area contributed by atoms with E-state index in [1.807, 2.05) is 42.5 Å². The third-order valence-corrected chi connectivity index (χ3v) is 4.93. The molecule has 4 aromatic rings. The van der Waals surface area contributed by atoms with E-state index < -0.39 is 5.97 Å². The topological polar surface area (TPSA) is 82.5 Å². The van der Waals surface area contributed by atoms with Crippen molar-refractivity contribution < 1.29 is 19.1 Å². The van der Waals surface area contributed by atoms with Crippen molar-refractivity contribution in [1.82, 2.24) is 9.55 Å². The molecule has 156 valence electrons. The smallest absolute Gasteiger partial charge is 0.354 e. The van der Waals surface area contributed by atoms with E-state index in [-0.39, 0.29) is 18.1 Å². The summed E-state index contributed by atoms with van der Waals surface area (Å²) >= 11 is 0. The summed E-state index contributed by atoms with van der Waals surface area (Å²) in [6, 6.07) is 20.2. The SMILES string of the molecule is COC(=O)c1cc2c(-c3cccc(OC)c3)nccc2n1CC(=O)Nc1ccccc1. The number of fused-ring (bicyclic) bond motifs is 1. The number of hydrogen-bond acceptors (Lipinski definition) is 5. The molecule has 0 saturated carbocycles. The Kier molecular flexibility index (Phi) is 5.66. The summed E-state index contributed by atoms with van der Waals surface area (Å²) in [4.78, 5) is 29.7. The third-order valence-electron chi connectivity index (χ3n) is 4.93. The van der Waals surface area contributed by atoms with Crippen molar-refractivity contribution in [2.75, 3.05) is 19.5 Å². The molecule has 0 aliphatic heterocycles. The van der Waals surface area contributed by atoms with Crippen molar-refractivity contribution in [3.8, 4) is 17.0 Å².